The van der Waals surface area contributed by atoms with Crippen LogP contribution in [0.5, 0.6) is 0 Å². The third kappa shape index (κ3) is 3.29. The summed E-state index contributed by atoms with van der Waals surface area (Å²) >= 11 is 0. The van der Waals surface area contributed by atoms with Gasteiger partial charge in [-0.15, -0.1) is 0 Å². The largest absolute Gasteiger partial charge is 0.363 e. The summed E-state index contributed by atoms with van der Waals surface area (Å²) in [7, 11) is 0. The number of halogens is 2. The minimum absolute atomic E-state index is 0.0100. The number of anilines is 1. The number of hydrogen-bond acceptors (Lipinski definition) is 4. The number of rotatable bonds is 5. The highest BCUT2D eigenvalue weighted by atomic mass is 19.3. The van der Waals surface area contributed by atoms with Crippen LogP contribution in [0.3, 0.4) is 0 Å². The Bertz CT molecular complexity index is 1060. The van der Waals surface area contributed by atoms with Crippen LogP contribution in [0.15, 0.2) is 47.7 Å². The predicted molar refractivity (Wildman–Crippen MR) is 100 cm³/mol. The molecule has 1 atom stereocenters. The minimum Gasteiger partial charge on any atom is -0.363 e. The Hall–Kier alpha value is -2.83. The molecule has 0 amide bonds. The van der Waals surface area contributed by atoms with E-state index in [1.54, 1.807) is 22.9 Å². The van der Waals surface area contributed by atoms with Crippen molar-refractivity contribution in [3.05, 3.63) is 64.3 Å². The molecule has 1 aromatic carbocycles. The van der Waals surface area contributed by atoms with Crippen LogP contribution in [-0.4, -0.2) is 14.5 Å². The quantitative estimate of drug-likeness (QED) is 0.723. The Morgan fingerprint density at radius 1 is 1.19 bits per heavy atom. The van der Waals surface area contributed by atoms with Crippen LogP contribution in [0, 0.1) is 0 Å². The molecule has 1 N–H and O–H groups in total. The second-order valence-electron chi connectivity index (χ2n) is 7.34. The summed E-state index contributed by atoms with van der Waals surface area (Å²) in [6.45, 7) is 3.94. The molecule has 0 spiro atoms. The molecule has 0 saturated heterocycles. The Morgan fingerprint density at radius 2 is 1.93 bits per heavy atom. The van der Waals surface area contributed by atoms with Gasteiger partial charge in [0, 0.05) is 29.4 Å². The minimum atomic E-state index is -2.51. The molecule has 27 heavy (non-hydrogen) atoms. The molecule has 140 valence electrons. The topological polar surface area (TPSA) is 59.8 Å². The standard InChI is InChI=1S/C20H20F2N4O/c1-12(13-4-3-5-14(8-13)18(21)22)25-19-15-10-26(20(2)6-7-20)17(27)9-16(15)23-11-24-19/h3-5,8-12,18H,6-7H2,1-2H3,(H,23,24,25)/t12-/m1/s1. The summed E-state index contributed by atoms with van der Waals surface area (Å²) in [4.78, 5) is 20.9. The Balaban J connectivity index is 1.71. The van der Waals surface area contributed by atoms with Gasteiger partial charge in [-0.2, -0.15) is 0 Å². The van der Waals surface area contributed by atoms with Crippen molar-refractivity contribution in [3.63, 3.8) is 0 Å². The highest BCUT2D eigenvalue weighted by Gasteiger charge is 2.40. The van der Waals surface area contributed by atoms with Crippen LogP contribution < -0.4 is 10.9 Å². The third-order valence-corrected chi connectivity index (χ3v) is 5.24. The molecule has 0 aliphatic heterocycles. The maximum Gasteiger partial charge on any atom is 0.263 e. The zero-order valence-electron chi connectivity index (χ0n) is 15.1. The molecule has 2 aromatic heterocycles. The fourth-order valence-electron chi connectivity index (χ4n) is 3.24. The van der Waals surface area contributed by atoms with E-state index in [1.165, 1.54) is 24.5 Å². The van der Waals surface area contributed by atoms with Gasteiger partial charge >= 0.3 is 0 Å². The Morgan fingerprint density at radius 3 is 2.63 bits per heavy atom. The number of aromatic nitrogens is 3. The van der Waals surface area contributed by atoms with Gasteiger partial charge in [0.2, 0.25) is 0 Å². The monoisotopic (exact) mass is 370 g/mol. The van der Waals surface area contributed by atoms with Crippen molar-refractivity contribution in [1.29, 1.82) is 0 Å². The lowest BCUT2D eigenvalue weighted by molar-refractivity contribution is 0.151. The number of hydrogen-bond donors (Lipinski definition) is 1. The summed E-state index contributed by atoms with van der Waals surface area (Å²) in [5.41, 5.74) is 1.07. The first kappa shape index (κ1) is 17.6. The lowest BCUT2D eigenvalue weighted by Crippen LogP contribution is -2.27. The number of alkyl halides is 2. The molecular formula is C20H20F2N4O. The SMILES string of the molecule is C[C@@H](Nc1ncnc2cc(=O)n(C3(C)CC3)cc12)c1cccc(C(F)F)c1. The van der Waals surface area contributed by atoms with Crippen molar-refractivity contribution in [2.45, 2.75) is 44.7 Å². The second-order valence-corrected chi connectivity index (χ2v) is 7.34. The molecule has 0 bridgehead atoms. The number of nitrogens with zero attached hydrogens (tertiary/aromatic N) is 3. The van der Waals surface area contributed by atoms with Gasteiger partial charge in [-0.3, -0.25) is 4.79 Å². The van der Waals surface area contributed by atoms with Crippen LogP contribution in [0.1, 0.15) is 50.3 Å². The zero-order valence-corrected chi connectivity index (χ0v) is 15.1. The van der Waals surface area contributed by atoms with Crippen LogP contribution in [-0.2, 0) is 5.54 Å². The van der Waals surface area contributed by atoms with Crippen LogP contribution >= 0.6 is 0 Å². The Kier molecular flexibility index (Phi) is 4.17. The van der Waals surface area contributed by atoms with Crippen molar-refractivity contribution < 1.29 is 8.78 Å². The smallest absolute Gasteiger partial charge is 0.263 e. The number of pyridine rings is 1. The van der Waals surface area contributed by atoms with Crippen LogP contribution in [0.4, 0.5) is 14.6 Å². The van der Waals surface area contributed by atoms with E-state index in [1.807, 2.05) is 6.92 Å². The molecule has 5 nitrogen and oxygen atoms in total. The maximum atomic E-state index is 13.0. The molecule has 1 saturated carbocycles. The first-order valence-corrected chi connectivity index (χ1v) is 8.90. The van der Waals surface area contributed by atoms with Crippen LogP contribution in [0.25, 0.3) is 10.9 Å². The molecule has 1 fully saturated rings. The van der Waals surface area contributed by atoms with Crippen molar-refractivity contribution in [2.75, 3.05) is 5.32 Å². The number of fused-ring (bicyclic) bond motifs is 1. The van der Waals surface area contributed by atoms with Crippen LogP contribution in [0.2, 0.25) is 0 Å². The van der Waals surface area contributed by atoms with E-state index in [4.69, 9.17) is 0 Å². The van der Waals surface area contributed by atoms with Crippen molar-refractivity contribution in [2.24, 2.45) is 0 Å². The van der Waals surface area contributed by atoms with E-state index in [0.717, 1.165) is 23.8 Å². The van der Waals surface area contributed by atoms with Gasteiger partial charge in [-0.1, -0.05) is 18.2 Å². The highest BCUT2D eigenvalue weighted by molar-refractivity contribution is 5.88. The average molecular weight is 370 g/mol. The summed E-state index contributed by atoms with van der Waals surface area (Å²) in [5.74, 6) is 0.577. The van der Waals surface area contributed by atoms with E-state index in [-0.39, 0.29) is 22.7 Å². The second kappa shape index (κ2) is 6.40. The van der Waals surface area contributed by atoms with Gasteiger partial charge in [0.1, 0.15) is 12.1 Å². The summed E-state index contributed by atoms with van der Waals surface area (Å²) in [5, 5.41) is 4.01. The van der Waals surface area contributed by atoms with Gasteiger partial charge in [0.25, 0.3) is 12.0 Å². The van der Waals surface area contributed by atoms with Crippen molar-refractivity contribution in [3.8, 4) is 0 Å². The molecular weight excluding hydrogens is 350 g/mol. The van der Waals surface area contributed by atoms with Gasteiger partial charge in [0.15, 0.2) is 0 Å². The summed E-state index contributed by atoms with van der Waals surface area (Å²) in [6, 6.07) is 7.61. The van der Waals surface area contributed by atoms with E-state index in [2.05, 4.69) is 22.2 Å². The molecule has 1 aliphatic rings. The van der Waals surface area contributed by atoms with Gasteiger partial charge < -0.3 is 9.88 Å². The molecule has 2 heterocycles. The number of benzene rings is 1. The summed E-state index contributed by atoms with van der Waals surface area (Å²) < 4.78 is 27.7. The van der Waals surface area contributed by atoms with Gasteiger partial charge in [-0.05, 0) is 38.3 Å². The maximum absolute atomic E-state index is 13.0. The van der Waals surface area contributed by atoms with Gasteiger partial charge in [-0.25, -0.2) is 18.7 Å². The van der Waals surface area contributed by atoms with E-state index in [9.17, 15) is 13.6 Å². The fraction of sp³-hybridized carbons (Fsp3) is 0.350. The van der Waals surface area contributed by atoms with Crippen molar-refractivity contribution in [1.82, 2.24) is 14.5 Å². The first-order chi connectivity index (χ1) is 12.9. The Labute approximate surface area is 155 Å². The average Bonchev–Trinajstić information content (AvgIpc) is 3.39. The zero-order chi connectivity index (χ0) is 19.2. The normalized spacial score (nSPS) is 16.5. The van der Waals surface area contributed by atoms with Crippen molar-refractivity contribution >= 4 is 16.7 Å². The summed E-state index contributed by atoms with van der Waals surface area (Å²) in [6.07, 6.45) is 2.62. The molecule has 7 heteroatoms. The highest BCUT2D eigenvalue weighted by Crippen LogP contribution is 2.42. The fourth-order valence-corrected chi connectivity index (χ4v) is 3.24. The van der Waals surface area contributed by atoms with E-state index in [0.29, 0.717) is 11.3 Å². The molecule has 1 aliphatic carbocycles. The predicted octanol–water partition coefficient (Wildman–Crippen LogP) is 4.41. The molecule has 4 rings (SSSR count). The number of nitrogens with one attached hydrogen (secondary N) is 1. The van der Waals surface area contributed by atoms with E-state index < -0.39 is 6.43 Å². The van der Waals surface area contributed by atoms with Gasteiger partial charge in [0.05, 0.1) is 10.9 Å². The molecule has 3 aromatic rings. The first-order valence-electron chi connectivity index (χ1n) is 8.90. The molecule has 0 radical (unpaired) electrons. The lowest BCUT2D eigenvalue weighted by Gasteiger charge is -2.18. The molecule has 0 unspecified atom stereocenters. The van der Waals surface area contributed by atoms with E-state index >= 15 is 0 Å². The third-order valence-electron chi connectivity index (χ3n) is 5.24. The lowest BCUT2D eigenvalue weighted by atomic mass is 10.1.